The quantitative estimate of drug-likeness (QED) is 0.617. The molecular formula is C13H19FN2O4S. The monoisotopic (exact) mass is 318 g/mol. The van der Waals surface area contributed by atoms with Gasteiger partial charge in [-0.2, -0.15) is 4.39 Å². The second-order valence-corrected chi connectivity index (χ2v) is 7.40. The van der Waals surface area contributed by atoms with Crippen LogP contribution >= 0.6 is 0 Å². The maximum atomic E-state index is 13.7. The Bertz CT molecular complexity index is 671. The minimum atomic E-state index is -3.91. The lowest BCUT2D eigenvalue weighted by molar-refractivity contribution is -0.388. The van der Waals surface area contributed by atoms with Crippen molar-refractivity contribution in [3.8, 4) is 0 Å². The van der Waals surface area contributed by atoms with E-state index < -0.39 is 26.5 Å². The van der Waals surface area contributed by atoms with Crippen LogP contribution in [0.2, 0.25) is 0 Å². The van der Waals surface area contributed by atoms with Gasteiger partial charge in [-0.3, -0.25) is 10.1 Å². The standard InChI is InChI=1S/C13H19FN2O4S/c1-8(2)7-15(5)21(19,20)13-9(3)6-11(14)12(10(13)4)16(17)18/h6,8H,7H2,1-5H3. The predicted molar refractivity (Wildman–Crippen MR) is 77.2 cm³/mol. The number of aryl methyl sites for hydroxylation is 1. The third-order valence-corrected chi connectivity index (χ3v) is 5.21. The summed E-state index contributed by atoms with van der Waals surface area (Å²) in [5.74, 6) is -0.929. The molecule has 8 heteroatoms. The second kappa shape index (κ2) is 6.07. The first-order valence-electron chi connectivity index (χ1n) is 6.40. The number of nitrogens with zero attached hydrogens (tertiary/aromatic N) is 2. The van der Waals surface area contributed by atoms with Crippen molar-refractivity contribution in [1.82, 2.24) is 4.31 Å². The molecule has 0 aliphatic carbocycles. The highest BCUT2D eigenvalue weighted by atomic mass is 32.2. The van der Waals surface area contributed by atoms with Gasteiger partial charge in [0.2, 0.25) is 15.8 Å². The van der Waals surface area contributed by atoms with E-state index >= 15 is 0 Å². The second-order valence-electron chi connectivity index (χ2n) is 5.41. The van der Waals surface area contributed by atoms with Crippen molar-refractivity contribution in [3.63, 3.8) is 0 Å². The van der Waals surface area contributed by atoms with Gasteiger partial charge in [-0.25, -0.2) is 12.7 Å². The molecule has 1 aromatic carbocycles. The summed E-state index contributed by atoms with van der Waals surface area (Å²) < 4.78 is 40.0. The van der Waals surface area contributed by atoms with Gasteiger partial charge >= 0.3 is 5.69 Å². The Morgan fingerprint density at radius 2 is 1.90 bits per heavy atom. The molecule has 0 saturated heterocycles. The van der Waals surface area contributed by atoms with Crippen LogP contribution in [0.3, 0.4) is 0 Å². The molecule has 0 N–H and O–H groups in total. The third kappa shape index (κ3) is 3.38. The molecule has 1 rings (SSSR count). The molecule has 0 spiro atoms. The number of nitro groups is 1. The average Bonchev–Trinajstić information content (AvgIpc) is 2.25. The van der Waals surface area contributed by atoms with Crippen molar-refractivity contribution in [2.45, 2.75) is 32.6 Å². The zero-order chi connectivity index (χ0) is 16.5. The predicted octanol–water partition coefficient (Wildman–Crippen LogP) is 2.63. The van der Waals surface area contributed by atoms with Crippen molar-refractivity contribution in [2.75, 3.05) is 13.6 Å². The lowest BCUT2D eigenvalue weighted by Crippen LogP contribution is -2.31. The Morgan fingerprint density at radius 3 is 2.33 bits per heavy atom. The smallest absolute Gasteiger partial charge is 0.258 e. The summed E-state index contributed by atoms with van der Waals surface area (Å²) in [4.78, 5) is 9.84. The summed E-state index contributed by atoms with van der Waals surface area (Å²) in [5, 5.41) is 10.9. The van der Waals surface area contributed by atoms with Crippen molar-refractivity contribution in [1.29, 1.82) is 0 Å². The van der Waals surface area contributed by atoms with Crippen LogP contribution in [0.5, 0.6) is 0 Å². The largest absolute Gasteiger partial charge is 0.309 e. The Hall–Kier alpha value is -1.54. The molecule has 0 bridgehead atoms. The van der Waals surface area contributed by atoms with Crippen molar-refractivity contribution < 1.29 is 17.7 Å². The van der Waals surface area contributed by atoms with E-state index in [2.05, 4.69) is 0 Å². The van der Waals surface area contributed by atoms with E-state index in [-0.39, 0.29) is 28.5 Å². The van der Waals surface area contributed by atoms with Crippen molar-refractivity contribution in [2.24, 2.45) is 5.92 Å². The van der Waals surface area contributed by atoms with Gasteiger partial charge in [-0.15, -0.1) is 0 Å². The van der Waals surface area contributed by atoms with E-state index in [9.17, 15) is 22.9 Å². The topological polar surface area (TPSA) is 80.5 Å². The van der Waals surface area contributed by atoms with Crippen LogP contribution in [-0.2, 0) is 10.0 Å². The van der Waals surface area contributed by atoms with Gasteiger partial charge in [0.05, 0.1) is 15.4 Å². The maximum Gasteiger partial charge on any atom is 0.309 e. The Morgan fingerprint density at radius 1 is 1.38 bits per heavy atom. The average molecular weight is 318 g/mol. The molecule has 1 aromatic rings. The molecule has 0 saturated carbocycles. The number of rotatable bonds is 5. The number of sulfonamides is 1. The molecule has 0 heterocycles. The number of hydrogen-bond acceptors (Lipinski definition) is 4. The summed E-state index contributed by atoms with van der Waals surface area (Å²) >= 11 is 0. The fourth-order valence-corrected chi connectivity index (χ4v) is 4.05. The highest BCUT2D eigenvalue weighted by molar-refractivity contribution is 7.89. The Labute approximate surface area is 123 Å². The summed E-state index contributed by atoms with van der Waals surface area (Å²) in [6.07, 6.45) is 0. The van der Waals surface area contributed by atoms with Gasteiger partial charge in [0, 0.05) is 13.6 Å². The van der Waals surface area contributed by atoms with E-state index in [1.807, 2.05) is 13.8 Å². The van der Waals surface area contributed by atoms with Crippen LogP contribution in [0, 0.1) is 35.7 Å². The highest BCUT2D eigenvalue weighted by Crippen LogP contribution is 2.32. The van der Waals surface area contributed by atoms with Crippen LogP contribution in [0.15, 0.2) is 11.0 Å². The Balaban J connectivity index is 3.57. The molecular weight excluding hydrogens is 299 g/mol. The number of benzene rings is 1. The van der Waals surface area contributed by atoms with Gasteiger partial charge in [0.25, 0.3) is 0 Å². The Kier molecular flexibility index (Phi) is 5.06. The van der Waals surface area contributed by atoms with E-state index in [1.54, 1.807) is 0 Å². The highest BCUT2D eigenvalue weighted by Gasteiger charge is 2.31. The third-order valence-electron chi connectivity index (χ3n) is 3.10. The van der Waals surface area contributed by atoms with Crippen LogP contribution in [0.25, 0.3) is 0 Å². The zero-order valence-electron chi connectivity index (χ0n) is 12.7. The minimum absolute atomic E-state index is 0.0980. The van der Waals surface area contributed by atoms with Gasteiger partial charge < -0.3 is 0 Å². The van der Waals surface area contributed by atoms with Gasteiger partial charge in [0.15, 0.2) is 0 Å². The van der Waals surface area contributed by atoms with Crippen LogP contribution < -0.4 is 0 Å². The lowest BCUT2D eigenvalue weighted by Gasteiger charge is -2.21. The normalized spacial score (nSPS) is 12.2. The number of hydrogen-bond donors (Lipinski definition) is 0. The first kappa shape index (κ1) is 17.5. The zero-order valence-corrected chi connectivity index (χ0v) is 13.5. The van der Waals surface area contributed by atoms with Gasteiger partial charge in [-0.05, 0) is 31.4 Å². The molecule has 0 aromatic heterocycles. The fourth-order valence-electron chi connectivity index (χ4n) is 2.30. The summed E-state index contributed by atoms with van der Waals surface area (Å²) in [6, 6.07) is 0.890. The van der Waals surface area contributed by atoms with Gasteiger partial charge in [-0.1, -0.05) is 13.8 Å². The summed E-state index contributed by atoms with van der Waals surface area (Å²) in [6.45, 7) is 6.67. The number of nitro benzene ring substituents is 1. The van der Waals surface area contributed by atoms with E-state index in [1.165, 1.54) is 20.9 Å². The van der Waals surface area contributed by atoms with E-state index in [4.69, 9.17) is 0 Å². The molecule has 0 aliphatic heterocycles. The summed E-state index contributed by atoms with van der Waals surface area (Å²) in [5.41, 5.74) is -0.809. The minimum Gasteiger partial charge on any atom is -0.258 e. The van der Waals surface area contributed by atoms with Crippen LogP contribution in [0.1, 0.15) is 25.0 Å². The molecule has 118 valence electrons. The van der Waals surface area contributed by atoms with Crippen LogP contribution in [0.4, 0.5) is 10.1 Å². The maximum absolute atomic E-state index is 13.7. The van der Waals surface area contributed by atoms with Crippen molar-refractivity contribution >= 4 is 15.7 Å². The molecule has 0 fully saturated rings. The van der Waals surface area contributed by atoms with E-state index in [0.717, 1.165) is 10.4 Å². The first-order chi connectivity index (χ1) is 9.50. The SMILES string of the molecule is Cc1cc(F)c([N+](=O)[O-])c(C)c1S(=O)(=O)N(C)CC(C)C. The van der Waals surface area contributed by atoms with E-state index in [0.29, 0.717) is 0 Å². The molecule has 21 heavy (non-hydrogen) atoms. The molecule has 0 unspecified atom stereocenters. The van der Waals surface area contributed by atoms with Crippen molar-refractivity contribution in [3.05, 3.63) is 33.1 Å². The fraction of sp³-hybridized carbons (Fsp3) is 0.538. The first-order valence-corrected chi connectivity index (χ1v) is 7.84. The molecule has 0 atom stereocenters. The summed E-state index contributed by atoms with van der Waals surface area (Å²) in [7, 11) is -2.50. The molecule has 0 aliphatic rings. The van der Waals surface area contributed by atoms with Gasteiger partial charge in [0.1, 0.15) is 0 Å². The molecule has 0 amide bonds. The lowest BCUT2D eigenvalue weighted by atomic mass is 10.1. The van der Waals surface area contributed by atoms with Crippen LogP contribution in [-0.4, -0.2) is 31.2 Å². The molecule has 0 radical (unpaired) electrons. The molecule has 6 nitrogen and oxygen atoms in total. The number of halogens is 1.